The topological polar surface area (TPSA) is 163 Å². The number of aliphatic carboxylic acids is 1. The standard InChI is InChI=1S/C13H17N5O6/c1-5(12(22)23)15-13-16-10-9(11(21)17-13)14-4-18(10)8-2-6(20)7(3-19)24-8/h4-8,19-20H,2-3H2,1H3,(H,22,23)(H2,15,16,17,21)/t5?,6?,7-,8-/m1/s1. The molecule has 0 aromatic carbocycles. The average molecular weight is 339 g/mol. The van der Waals surface area contributed by atoms with Crippen LogP contribution in [0.25, 0.3) is 11.2 Å². The molecule has 1 saturated heterocycles. The summed E-state index contributed by atoms with van der Waals surface area (Å²) in [5.41, 5.74) is -0.278. The Labute approximate surface area is 134 Å². The van der Waals surface area contributed by atoms with Gasteiger partial charge in [0.1, 0.15) is 18.4 Å². The summed E-state index contributed by atoms with van der Waals surface area (Å²) in [6.45, 7) is 1.08. The van der Waals surface area contributed by atoms with Crippen molar-refractivity contribution in [1.82, 2.24) is 19.5 Å². The summed E-state index contributed by atoms with van der Waals surface area (Å²) in [7, 11) is 0. The first kappa shape index (κ1) is 16.4. The number of anilines is 1. The van der Waals surface area contributed by atoms with E-state index in [0.717, 1.165) is 0 Å². The number of aliphatic hydroxyl groups excluding tert-OH is 2. The average Bonchev–Trinajstić information content (AvgIpc) is 3.10. The minimum absolute atomic E-state index is 0.0126. The molecule has 4 atom stereocenters. The molecule has 0 amide bonds. The first-order valence-electron chi connectivity index (χ1n) is 7.31. The first-order valence-corrected chi connectivity index (χ1v) is 7.31. The van der Waals surface area contributed by atoms with E-state index < -0.39 is 36.0 Å². The van der Waals surface area contributed by atoms with Crippen molar-refractivity contribution in [2.45, 2.75) is 37.8 Å². The number of ether oxygens (including phenoxy) is 1. The van der Waals surface area contributed by atoms with Gasteiger partial charge in [-0.25, -0.2) is 4.98 Å². The van der Waals surface area contributed by atoms with Crippen molar-refractivity contribution in [2.24, 2.45) is 0 Å². The summed E-state index contributed by atoms with van der Waals surface area (Å²) in [6.07, 6.45) is -0.641. The maximum Gasteiger partial charge on any atom is 0.325 e. The minimum atomic E-state index is -1.10. The number of nitrogens with one attached hydrogen (secondary N) is 2. The highest BCUT2D eigenvalue weighted by molar-refractivity contribution is 5.77. The molecule has 2 aromatic rings. The Morgan fingerprint density at radius 2 is 2.38 bits per heavy atom. The first-order chi connectivity index (χ1) is 11.4. The summed E-state index contributed by atoms with van der Waals surface area (Å²) in [4.78, 5) is 33.6. The Kier molecular flexibility index (Phi) is 4.22. The molecule has 2 aromatic heterocycles. The number of hydrogen-bond acceptors (Lipinski definition) is 8. The van der Waals surface area contributed by atoms with Crippen molar-refractivity contribution in [3.05, 3.63) is 16.7 Å². The number of rotatable bonds is 5. The van der Waals surface area contributed by atoms with Gasteiger partial charge in [-0.05, 0) is 6.92 Å². The number of H-pyrrole nitrogens is 1. The van der Waals surface area contributed by atoms with E-state index >= 15 is 0 Å². The number of carboxylic acid groups (broad SMARTS) is 1. The van der Waals surface area contributed by atoms with Gasteiger partial charge in [0.25, 0.3) is 5.56 Å². The quantitative estimate of drug-likeness (QED) is 0.443. The van der Waals surface area contributed by atoms with Gasteiger partial charge >= 0.3 is 5.97 Å². The van der Waals surface area contributed by atoms with Gasteiger partial charge in [0.05, 0.1) is 19.0 Å². The number of nitrogens with zero attached hydrogens (tertiary/aromatic N) is 3. The van der Waals surface area contributed by atoms with E-state index in [2.05, 4.69) is 20.3 Å². The van der Waals surface area contributed by atoms with Gasteiger partial charge in [0.15, 0.2) is 11.2 Å². The van der Waals surface area contributed by atoms with Crippen LogP contribution in [0.4, 0.5) is 5.95 Å². The van der Waals surface area contributed by atoms with Gasteiger partial charge in [-0.15, -0.1) is 0 Å². The lowest BCUT2D eigenvalue weighted by Crippen LogP contribution is -2.28. The number of hydrogen-bond donors (Lipinski definition) is 5. The number of carbonyl (C=O) groups is 1. The number of aromatic nitrogens is 4. The molecule has 3 heterocycles. The van der Waals surface area contributed by atoms with Crippen LogP contribution in [0.15, 0.2) is 11.1 Å². The van der Waals surface area contributed by atoms with Crippen LogP contribution < -0.4 is 10.9 Å². The van der Waals surface area contributed by atoms with E-state index in [1.54, 1.807) is 0 Å². The van der Waals surface area contributed by atoms with E-state index in [9.17, 15) is 14.7 Å². The molecule has 1 aliphatic heterocycles. The van der Waals surface area contributed by atoms with Crippen molar-refractivity contribution in [1.29, 1.82) is 0 Å². The molecule has 1 fully saturated rings. The lowest BCUT2D eigenvalue weighted by atomic mass is 10.2. The van der Waals surface area contributed by atoms with E-state index in [4.69, 9.17) is 14.9 Å². The van der Waals surface area contributed by atoms with Crippen LogP contribution in [0.1, 0.15) is 19.6 Å². The normalized spacial score (nSPS) is 25.0. The molecular formula is C13H17N5O6. The summed E-state index contributed by atoms with van der Waals surface area (Å²) >= 11 is 0. The van der Waals surface area contributed by atoms with Crippen molar-refractivity contribution in [2.75, 3.05) is 11.9 Å². The number of aromatic amines is 1. The molecular weight excluding hydrogens is 322 g/mol. The van der Waals surface area contributed by atoms with E-state index in [1.165, 1.54) is 17.8 Å². The molecule has 11 nitrogen and oxygen atoms in total. The Morgan fingerprint density at radius 1 is 1.62 bits per heavy atom. The molecule has 2 unspecified atom stereocenters. The van der Waals surface area contributed by atoms with Gasteiger partial charge in [0.2, 0.25) is 5.95 Å². The monoisotopic (exact) mass is 339 g/mol. The summed E-state index contributed by atoms with van der Waals surface area (Å²) < 4.78 is 7.00. The molecule has 24 heavy (non-hydrogen) atoms. The molecule has 0 radical (unpaired) electrons. The summed E-state index contributed by atoms with van der Waals surface area (Å²) in [6, 6.07) is -0.953. The zero-order valence-corrected chi connectivity index (χ0v) is 12.7. The highest BCUT2D eigenvalue weighted by Gasteiger charge is 2.35. The maximum absolute atomic E-state index is 12.1. The van der Waals surface area contributed by atoms with Gasteiger partial charge in [-0.1, -0.05) is 0 Å². The molecule has 0 aliphatic carbocycles. The van der Waals surface area contributed by atoms with Crippen LogP contribution in [0.5, 0.6) is 0 Å². The maximum atomic E-state index is 12.1. The highest BCUT2D eigenvalue weighted by Crippen LogP contribution is 2.30. The molecule has 3 rings (SSSR count). The van der Waals surface area contributed by atoms with E-state index in [-0.39, 0.29) is 30.1 Å². The molecule has 130 valence electrons. The molecule has 1 aliphatic rings. The van der Waals surface area contributed by atoms with Crippen LogP contribution in [-0.2, 0) is 9.53 Å². The van der Waals surface area contributed by atoms with Crippen LogP contribution in [0, 0.1) is 0 Å². The highest BCUT2D eigenvalue weighted by atomic mass is 16.5. The van der Waals surface area contributed by atoms with Crippen LogP contribution in [0.2, 0.25) is 0 Å². The van der Waals surface area contributed by atoms with Crippen LogP contribution in [0.3, 0.4) is 0 Å². The smallest absolute Gasteiger partial charge is 0.325 e. The van der Waals surface area contributed by atoms with Crippen molar-refractivity contribution in [3.63, 3.8) is 0 Å². The molecule has 5 N–H and O–H groups in total. The second-order valence-electron chi connectivity index (χ2n) is 5.56. The van der Waals surface area contributed by atoms with Crippen molar-refractivity contribution >= 4 is 23.1 Å². The Hall–Kier alpha value is -2.50. The van der Waals surface area contributed by atoms with Crippen LogP contribution in [-0.4, -0.2) is 65.7 Å². The Balaban J connectivity index is 1.97. The third-order valence-electron chi connectivity index (χ3n) is 3.85. The van der Waals surface area contributed by atoms with Gasteiger partial charge < -0.3 is 25.4 Å². The summed E-state index contributed by atoms with van der Waals surface area (Å²) in [5.74, 6) is -1.11. The second-order valence-corrected chi connectivity index (χ2v) is 5.56. The molecule has 11 heteroatoms. The van der Waals surface area contributed by atoms with Gasteiger partial charge in [-0.3, -0.25) is 19.1 Å². The Morgan fingerprint density at radius 3 is 3.00 bits per heavy atom. The molecule has 0 bridgehead atoms. The van der Waals surface area contributed by atoms with Crippen molar-refractivity contribution < 1.29 is 24.9 Å². The number of fused-ring (bicyclic) bond motifs is 1. The van der Waals surface area contributed by atoms with E-state index in [0.29, 0.717) is 0 Å². The predicted octanol–water partition coefficient (Wildman–Crippen LogP) is -1.35. The second kappa shape index (κ2) is 6.19. The zero-order chi connectivity index (χ0) is 17.4. The number of aliphatic hydroxyl groups is 2. The SMILES string of the molecule is CC(Nc1nc2c(ncn2[C@H]2CC(O)[C@@H](CO)O2)c(=O)[nH]1)C(=O)O. The fraction of sp³-hybridized carbons (Fsp3) is 0.538. The fourth-order valence-electron chi connectivity index (χ4n) is 2.52. The van der Waals surface area contributed by atoms with Gasteiger partial charge in [0, 0.05) is 6.42 Å². The van der Waals surface area contributed by atoms with Crippen LogP contribution >= 0.6 is 0 Å². The molecule has 0 spiro atoms. The van der Waals surface area contributed by atoms with Crippen molar-refractivity contribution in [3.8, 4) is 0 Å². The largest absolute Gasteiger partial charge is 0.480 e. The lowest BCUT2D eigenvalue weighted by Gasteiger charge is -2.14. The number of imidazole rings is 1. The zero-order valence-electron chi connectivity index (χ0n) is 12.7. The van der Waals surface area contributed by atoms with Gasteiger partial charge in [-0.2, -0.15) is 4.98 Å². The fourth-order valence-corrected chi connectivity index (χ4v) is 2.52. The third-order valence-corrected chi connectivity index (χ3v) is 3.85. The number of carboxylic acids is 1. The Bertz CT molecular complexity index is 817. The minimum Gasteiger partial charge on any atom is -0.480 e. The summed E-state index contributed by atoms with van der Waals surface area (Å²) in [5, 5.41) is 30.5. The predicted molar refractivity (Wildman–Crippen MR) is 80.5 cm³/mol. The molecule has 0 saturated carbocycles. The van der Waals surface area contributed by atoms with E-state index in [1.807, 2.05) is 0 Å². The lowest BCUT2D eigenvalue weighted by molar-refractivity contribution is -0.137. The third kappa shape index (κ3) is 2.84.